The molecule has 1 aliphatic rings. The van der Waals surface area contributed by atoms with E-state index in [-0.39, 0.29) is 33.9 Å². The number of ether oxygens (including phenoxy) is 1. The van der Waals surface area contributed by atoms with Crippen molar-refractivity contribution in [2.24, 2.45) is 5.92 Å². The Balaban J connectivity index is 2.54. The monoisotopic (exact) mass is 332 g/mol. The Morgan fingerprint density at radius 2 is 2.10 bits per heavy atom. The van der Waals surface area contributed by atoms with Crippen LogP contribution in [0.5, 0.6) is 5.75 Å². The van der Waals surface area contributed by atoms with Crippen molar-refractivity contribution in [3.8, 4) is 5.75 Å². The van der Waals surface area contributed by atoms with Crippen LogP contribution in [0.3, 0.4) is 0 Å². The third-order valence-electron chi connectivity index (χ3n) is 3.65. The van der Waals surface area contributed by atoms with Crippen LogP contribution in [-0.4, -0.2) is 32.9 Å². The van der Waals surface area contributed by atoms with E-state index in [9.17, 15) is 13.2 Å². The number of carbonyl (C=O) groups is 1. The first kappa shape index (κ1) is 16.1. The Kier molecular flexibility index (Phi) is 4.49. The summed E-state index contributed by atoms with van der Waals surface area (Å²) in [6, 6.07) is 3.10. The van der Waals surface area contributed by atoms with Crippen LogP contribution in [0.2, 0.25) is 5.02 Å². The number of hydrogen-bond acceptors (Lipinski definition) is 4. The molecule has 1 aromatic carbocycles. The second kappa shape index (κ2) is 5.85. The molecule has 1 N–H and O–H groups in total. The van der Waals surface area contributed by atoms with Crippen LogP contribution in [0.1, 0.15) is 30.7 Å². The van der Waals surface area contributed by atoms with Crippen LogP contribution in [0, 0.1) is 5.92 Å². The fraction of sp³-hybridized carbons (Fsp3) is 0.500. The summed E-state index contributed by atoms with van der Waals surface area (Å²) in [7, 11) is -2.16. The standard InChI is InChI=1S/C14H17ClO5S/c1-20-14-11(15)5-9(6-12(14)21(2,18)19)10(7-13(16)17)8-3-4-8/h5-6,8,10H,3-4,7H2,1-2H3,(H,16,17). The molecule has 0 spiro atoms. The molecule has 1 fully saturated rings. The molecule has 1 saturated carbocycles. The lowest BCUT2D eigenvalue weighted by Crippen LogP contribution is -2.10. The van der Waals surface area contributed by atoms with Crippen molar-refractivity contribution in [1.82, 2.24) is 0 Å². The first-order valence-electron chi connectivity index (χ1n) is 6.53. The van der Waals surface area contributed by atoms with Crippen LogP contribution >= 0.6 is 11.6 Å². The smallest absolute Gasteiger partial charge is 0.303 e. The van der Waals surface area contributed by atoms with Crippen molar-refractivity contribution in [1.29, 1.82) is 0 Å². The van der Waals surface area contributed by atoms with E-state index in [1.807, 2.05) is 0 Å². The van der Waals surface area contributed by atoms with E-state index in [1.54, 1.807) is 6.07 Å². The lowest BCUT2D eigenvalue weighted by Gasteiger charge is -2.18. The third-order valence-corrected chi connectivity index (χ3v) is 5.03. The summed E-state index contributed by atoms with van der Waals surface area (Å²) >= 11 is 6.11. The summed E-state index contributed by atoms with van der Waals surface area (Å²) in [6.45, 7) is 0. The van der Waals surface area contributed by atoms with E-state index in [0.29, 0.717) is 5.56 Å². The van der Waals surface area contributed by atoms with E-state index < -0.39 is 15.8 Å². The van der Waals surface area contributed by atoms with Gasteiger partial charge in [0.2, 0.25) is 0 Å². The molecule has 5 nitrogen and oxygen atoms in total. The highest BCUT2D eigenvalue weighted by atomic mass is 35.5. The molecule has 1 aliphatic carbocycles. The fourth-order valence-electron chi connectivity index (χ4n) is 2.52. The van der Waals surface area contributed by atoms with Gasteiger partial charge in [0, 0.05) is 6.26 Å². The lowest BCUT2D eigenvalue weighted by molar-refractivity contribution is -0.137. The molecule has 0 bridgehead atoms. The molecule has 21 heavy (non-hydrogen) atoms. The van der Waals surface area contributed by atoms with Gasteiger partial charge >= 0.3 is 5.97 Å². The number of rotatable bonds is 6. The topological polar surface area (TPSA) is 80.7 Å². The largest absolute Gasteiger partial charge is 0.494 e. The van der Waals surface area contributed by atoms with E-state index >= 15 is 0 Å². The van der Waals surface area contributed by atoms with Gasteiger partial charge in [-0.05, 0) is 42.4 Å². The maximum atomic E-state index is 11.9. The molecule has 116 valence electrons. The van der Waals surface area contributed by atoms with Gasteiger partial charge in [0.15, 0.2) is 15.6 Å². The van der Waals surface area contributed by atoms with Crippen molar-refractivity contribution in [3.05, 3.63) is 22.7 Å². The molecular formula is C14H17ClO5S. The predicted molar refractivity (Wildman–Crippen MR) is 78.8 cm³/mol. The van der Waals surface area contributed by atoms with E-state index in [4.69, 9.17) is 21.4 Å². The highest BCUT2D eigenvalue weighted by Crippen LogP contribution is 2.46. The molecule has 2 rings (SSSR count). The summed E-state index contributed by atoms with van der Waals surface area (Å²) in [4.78, 5) is 11.0. The molecule has 0 saturated heterocycles. The summed E-state index contributed by atoms with van der Waals surface area (Å²) in [6.07, 6.45) is 2.95. The van der Waals surface area contributed by atoms with E-state index in [1.165, 1.54) is 13.2 Å². The summed E-state index contributed by atoms with van der Waals surface area (Å²) < 4.78 is 28.9. The highest BCUT2D eigenvalue weighted by molar-refractivity contribution is 7.90. The quantitative estimate of drug-likeness (QED) is 0.866. The average molecular weight is 333 g/mol. The average Bonchev–Trinajstić information content (AvgIpc) is 3.17. The second-order valence-corrected chi connectivity index (χ2v) is 7.74. The fourth-order valence-corrected chi connectivity index (χ4v) is 3.76. The Labute approximate surface area is 128 Å². The summed E-state index contributed by atoms with van der Waals surface area (Å²) in [5.74, 6) is -0.739. The van der Waals surface area contributed by atoms with Gasteiger partial charge in [0.05, 0.1) is 18.6 Å². The molecule has 0 heterocycles. The number of carboxylic acid groups (broad SMARTS) is 1. The van der Waals surface area contributed by atoms with Crippen LogP contribution < -0.4 is 4.74 Å². The number of carboxylic acids is 1. The summed E-state index contributed by atoms with van der Waals surface area (Å²) in [5.41, 5.74) is 0.645. The molecule has 0 aromatic heterocycles. The van der Waals surface area contributed by atoms with E-state index in [0.717, 1.165) is 19.1 Å². The van der Waals surface area contributed by atoms with Gasteiger partial charge in [-0.1, -0.05) is 11.6 Å². The van der Waals surface area contributed by atoms with Gasteiger partial charge in [-0.2, -0.15) is 0 Å². The zero-order valence-corrected chi connectivity index (χ0v) is 13.4. The maximum absolute atomic E-state index is 11.9. The first-order chi connectivity index (χ1) is 9.74. The van der Waals surface area contributed by atoms with Crippen LogP contribution in [0.4, 0.5) is 0 Å². The zero-order chi connectivity index (χ0) is 15.8. The van der Waals surface area contributed by atoms with Crippen molar-refractivity contribution >= 4 is 27.4 Å². The molecule has 0 aliphatic heterocycles. The molecule has 0 amide bonds. The molecular weight excluding hydrogens is 316 g/mol. The normalized spacial score (nSPS) is 16.5. The Hall–Kier alpha value is -1.27. The lowest BCUT2D eigenvalue weighted by atomic mass is 9.91. The maximum Gasteiger partial charge on any atom is 0.303 e. The Bertz CT molecular complexity index is 664. The minimum atomic E-state index is -3.51. The number of benzene rings is 1. The highest BCUT2D eigenvalue weighted by Gasteiger charge is 2.35. The van der Waals surface area contributed by atoms with Gasteiger partial charge in [-0.3, -0.25) is 4.79 Å². The molecule has 1 atom stereocenters. The molecule has 1 aromatic rings. The Morgan fingerprint density at radius 3 is 2.52 bits per heavy atom. The van der Waals surface area contributed by atoms with Crippen LogP contribution in [0.15, 0.2) is 17.0 Å². The minimum absolute atomic E-state index is 0.00328. The van der Waals surface area contributed by atoms with Gasteiger partial charge in [0.25, 0.3) is 0 Å². The number of sulfone groups is 1. The van der Waals surface area contributed by atoms with Crippen molar-refractivity contribution in [3.63, 3.8) is 0 Å². The number of halogens is 1. The zero-order valence-electron chi connectivity index (χ0n) is 11.8. The number of hydrogen-bond donors (Lipinski definition) is 1. The van der Waals surface area contributed by atoms with Crippen molar-refractivity contribution in [2.75, 3.05) is 13.4 Å². The Morgan fingerprint density at radius 1 is 1.48 bits per heavy atom. The first-order valence-corrected chi connectivity index (χ1v) is 8.80. The SMILES string of the molecule is COc1c(Cl)cc(C(CC(=O)O)C2CC2)cc1S(C)(=O)=O. The van der Waals surface area contributed by atoms with Gasteiger partial charge < -0.3 is 9.84 Å². The number of methoxy groups -OCH3 is 1. The number of aliphatic carboxylic acids is 1. The second-order valence-electron chi connectivity index (χ2n) is 5.35. The molecule has 1 unspecified atom stereocenters. The predicted octanol–water partition coefficient (Wildman–Crippen LogP) is 2.72. The van der Waals surface area contributed by atoms with E-state index in [2.05, 4.69) is 0 Å². The molecule has 7 heteroatoms. The van der Waals surface area contributed by atoms with Crippen molar-refractivity contribution in [2.45, 2.75) is 30.1 Å². The van der Waals surface area contributed by atoms with Crippen LogP contribution in [-0.2, 0) is 14.6 Å². The minimum Gasteiger partial charge on any atom is -0.494 e. The van der Waals surface area contributed by atoms with Crippen molar-refractivity contribution < 1.29 is 23.1 Å². The van der Waals surface area contributed by atoms with Crippen LogP contribution in [0.25, 0.3) is 0 Å². The van der Waals surface area contributed by atoms with Gasteiger partial charge in [-0.25, -0.2) is 8.42 Å². The summed E-state index contributed by atoms with van der Waals surface area (Å²) in [5, 5.41) is 9.23. The van der Waals surface area contributed by atoms with Gasteiger partial charge in [-0.15, -0.1) is 0 Å². The third kappa shape index (κ3) is 3.68. The molecule has 0 radical (unpaired) electrons. The van der Waals surface area contributed by atoms with Gasteiger partial charge in [0.1, 0.15) is 4.90 Å².